The van der Waals surface area contributed by atoms with Crippen molar-refractivity contribution >= 4 is 12.0 Å². The molecule has 2 saturated heterocycles. The number of carboxylic acids is 1. The first kappa shape index (κ1) is 56.5. The minimum atomic E-state index is -0.930. The number of aromatic nitrogens is 1. The van der Waals surface area contributed by atoms with E-state index in [-0.39, 0.29) is 36.6 Å². The topological polar surface area (TPSA) is 130 Å². The van der Waals surface area contributed by atoms with Gasteiger partial charge in [0, 0.05) is 33.1 Å². The third kappa shape index (κ3) is 24.3. The van der Waals surface area contributed by atoms with E-state index in [1.54, 1.807) is 26.6 Å². The molecule has 0 bridgehead atoms. The van der Waals surface area contributed by atoms with E-state index >= 15 is 0 Å². The molecule has 1 aromatic rings. The molecule has 0 spiro atoms. The van der Waals surface area contributed by atoms with Gasteiger partial charge in [-0.05, 0) is 140 Å². The molecule has 3 heterocycles. The molecule has 3 rings (SSSR count). The molecular formula is C56H87NO9. The quantitative estimate of drug-likeness (QED) is 0.0237. The van der Waals surface area contributed by atoms with Gasteiger partial charge < -0.3 is 38.3 Å². The lowest BCUT2D eigenvalue weighted by Gasteiger charge is -2.34. The maximum absolute atomic E-state index is 10.8. The summed E-state index contributed by atoms with van der Waals surface area (Å²) in [4.78, 5) is 15.4. The second kappa shape index (κ2) is 32.8. The number of rotatable bonds is 32. The second-order valence-electron chi connectivity index (χ2n) is 19.0. The summed E-state index contributed by atoms with van der Waals surface area (Å²) in [6.07, 6.45) is 39.7. The molecule has 1 aromatic heterocycles. The van der Waals surface area contributed by atoms with Crippen LogP contribution in [0.25, 0.3) is 6.08 Å². The Morgan fingerprint density at radius 1 is 0.955 bits per heavy atom. The summed E-state index contributed by atoms with van der Waals surface area (Å²) in [7, 11) is 3.57. The van der Waals surface area contributed by atoms with Gasteiger partial charge in [0.25, 0.3) is 0 Å². The van der Waals surface area contributed by atoms with Gasteiger partial charge in [0.2, 0.25) is 0 Å². The smallest absolute Gasteiger partial charge is 0.327 e. The van der Waals surface area contributed by atoms with Crippen molar-refractivity contribution in [1.29, 1.82) is 0 Å². The Hall–Kier alpha value is -3.80. The molecule has 2 N–H and O–H groups in total. The van der Waals surface area contributed by atoms with Crippen molar-refractivity contribution in [3.63, 3.8) is 0 Å². The van der Waals surface area contributed by atoms with E-state index in [9.17, 15) is 9.90 Å². The first-order valence-corrected chi connectivity index (χ1v) is 25.0. The van der Waals surface area contributed by atoms with Crippen LogP contribution >= 0.6 is 0 Å². The van der Waals surface area contributed by atoms with Crippen LogP contribution in [0.1, 0.15) is 175 Å². The van der Waals surface area contributed by atoms with Gasteiger partial charge in [-0.3, -0.25) is 0 Å². The molecule has 2 aliphatic heterocycles. The van der Waals surface area contributed by atoms with Crippen molar-refractivity contribution in [2.24, 2.45) is 5.92 Å². The third-order valence-corrected chi connectivity index (χ3v) is 12.5. The van der Waals surface area contributed by atoms with E-state index in [1.165, 1.54) is 18.1 Å². The average molecular weight is 918 g/mol. The predicted octanol–water partition coefficient (Wildman–Crippen LogP) is 13.7. The number of nitrogens with zero attached hydrogens (tertiary/aromatic N) is 1. The molecule has 0 saturated carbocycles. The number of aliphatic hydroxyl groups is 1. The monoisotopic (exact) mass is 918 g/mol. The van der Waals surface area contributed by atoms with Crippen LogP contribution < -0.4 is 0 Å². The van der Waals surface area contributed by atoms with E-state index in [2.05, 4.69) is 90.7 Å². The molecule has 2 aliphatic rings. The van der Waals surface area contributed by atoms with E-state index in [0.29, 0.717) is 37.5 Å². The lowest BCUT2D eigenvalue weighted by molar-refractivity contribution is -0.131. The zero-order valence-electron chi connectivity index (χ0n) is 42.0. The molecular weight excluding hydrogens is 831 g/mol. The number of hydrogen-bond acceptors (Lipinski definition) is 9. The fraction of sp³-hybridized carbons (Fsp3) is 0.643. The number of aliphatic hydroxyl groups excluding tert-OH is 1. The Morgan fingerprint density at radius 3 is 2.47 bits per heavy atom. The third-order valence-electron chi connectivity index (χ3n) is 12.5. The van der Waals surface area contributed by atoms with Crippen molar-refractivity contribution in [3.8, 4) is 0 Å². The van der Waals surface area contributed by atoms with Crippen LogP contribution in [-0.2, 0) is 34.9 Å². The molecule has 8 atom stereocenters. The lowest BCUT2D eigenvalue weighted by Crippen LogP contribution is -2.37. The number of ether oxygens (including phenoxy) is 5. The van der Waals surface area contributed by atoms with E-state index in [4.69, 9.17) is 38.2 Å². The zero-order valence-corrected chi connectivity index (χ0v) is 42.0. The van der Waals surface area contributed by atoms with Gasteiger partial charge >= 0.3 is 5.97 Å². The van der Waals surface area contributed by atoms with Gasteiger partial charge in [0.15, 0.2) is 5.89 Å². The van der Waals surface area contributed by atoms with Gasteiger partial charge in [-0.25, -0.2) is 9.78 Å². The van der Waals surface area contributed by atoms with Crippen molar-refractivity contribution in [1.82, 2.24) is 4.98 Å². The van der Waals surface area contributed by atoms with Crippen molar-refractivity contribution in [2.75, 3.05) is 14.2 Å². The number of carboxylic acid groups (broad SMARTS) is 1. The maximum Gasteiger partial charge on any atom is 0.327 e. The zero-order chi connectivity index (χ0) is 48.1. The lowest BCUT2D eigenvalue weighted by atomic mass is 9.94. The molecule has 8 unspecified atom stereocenters. The molecule has 0 amide bonds. The molecule has 10 heteroatoms. The fourth-order valence-corrected chi connectivity index (χ4v) is 8.50. The van der Waals surface area contributed by atoms with E-state index in [0.717, 1.165) is 124 Å². The van der Waals surface area contributed by atoms with Crippen LogP contribution in [0.5, 0.6) is 0 Å². The van der Waals surface area contributed by atoms with Crippen LogP contribution in [0.15, 0.2) is 100 Å². The number of hydrogen-bond donors (Lipinski definition) is 2. The molecule has 2 fully saturated rings. The summed E-state index contributed by atoms with van der Waals surface area (Å²) in [5.41, 5.74) is 5.22. The highest BCUT2D eigenvalue weighted by molar-refractivity contribution is 5.79. The summed E-state index contributed by atoms with van der Waals surface area (Å²) in [5, 5.41) is 19.5. The minimum absolute atomic E-state index is 0.000408. The SMILES string of the molecule is C=C(CCC/C=C\C(=O)O)CC(O)CC1CCCC(/C(C)=C/OC(/C=C/CCCCC(C)C/C=C/c2coc(CC3CC(OC)CC(C/C=C(C)/C=C/C(CCCC)OC)O3)n2)=C(C)C)O1. The first-order chi connectivity index (χ1) is 31.8. The van der Waals surface area contributed by atoms with Gasteiger partial charge in [0.05, 0.1) is 55.4 Å². The van der Waals surface area contributed by atoms with E-state index < -0.39 is 12.1 Å². The predicted molar refractivity (Wildman–Crippen MR) is 268 cm³/mol. The standard InChI is InChI=1S/C56H87NO9/c1-10-11-25-48(61-8)32-30-43(5)31-33-50-36-51(62-9)37-52(65-50)38-55-57-46(40-64-55)24-19-23-42(4)21-15-12-13-17-27-53(41(2)3)63-39-45(7)54-28-20-26-49(66-54)35-47(58)34-44(6)22-16-14-18-29-56(59)60/h17-19,24,27,29-32,39-40,42,47-52,54,58H,6,10-16,20-23,25-26,28,33-38H2,1-5,7-9H3,(H,59,60)/b24-19+,27-17+,29-18-,32-30+,43-31+,45-39+. The first-order valence-electron chi connectivity index (χ1n) is 25.0. The summed E-state index contributed by atoms with van der Waals surface area (Å²) >= 11 is 0. The summed E-state index contributed by atoms with van der Waals surface area (Å²) in [5.74, 6) is 1.21. The van der Waals surface area contributed by atoms with Crippen molar-refractivity contribution in [3.05, 3.63) is 107 Å². The number of unbranched alkanes of at least 4 members (excludes halogenated alkanes) is 4. The van der Waals surface area contributed by atoms with Crippen molar-refractivity contribution in [2.45, 2.75) is 213 Å². The van der Waals surface area contributed by atoms with Crippen LogP contribution in [0.4, 0.5) is 0 Å². The van der Waals surface area contributed by atoms with Gasteiger partial charge in [0.1, 0.15) is 17.7 Å². The van der Waals surface area contributed by atoms with Crippen LogP contribution in [0.2, 0.25) is 0 Å². The Kier molecular flexibility index (Phi) is 28.1. The van der Waals surface area contributed by atoms with Gasteiger partial charge in [-0.2, -0.15) is 0 Å². The van der Waals surface area contributed by atoms with Crippen LogP contribution in [0, 0.1) is 5.92 Å². The number of methoxy groups -OCH3 is 2. The average Bonchev–Trinajstić information content (AvgIpc) is 3.73. The molecule has 370 valence electrons. The Balaban J connectivity index is 1.34. The van der Waals surface area contributed by atoms with Crippen LogP contribution in [-0.4, -0.2) is 78.1 Å². The number of allylic oxidation sites excluding steroid dienone is 7. The highest BCUT2D eigenvalue weighted by Gasteiger charge is 2.30. The molecule has 0 aliphatic carbocycles. The van der Waals surface area contributed by atoms with Gasteiger partial charge in [-0.15, -0.1) is 0 Å². The van der Waals surface area contributed by atoms with E-state index in [1.807, 2.05) is 6.26 Å². The Labute approximate surface area is 399 Å². The number of aliphatic carboxylic acids is 1. The molecule has 10 nitrogen and oxygen atoms in total. The summed E-state index contributed by atoms with van der Waals surface area (Å²) < 4.78 is 36.4. The number of oxazole rings is 1. The largest absolute Gasteiger partial charge is 0.478 e. The normalized spacial score (nSPS) is 22.4. The second-order valence-corrected chi connectivity index (χ2v) is 19.0. The highest BCUT2D eigenvalue weighted by atomic mass is 16.5. The highest BCUT2D eigenvalue weighted by Crippen LogP contribution is 2.29. The van der Waals surface area contributed by atoms with Crippen molar-refractivity contribution < 1.29 is 43.1 Å². The number of carbonyl (C=O) groups is 1. The minimum Gasteiger partial charge on any atom is -0.478 e. The molecule has 0 radical (unpaired) electrons. The molecule has 66 heavy (non-hydrogen) atoms. The summed E-state index contributed by atoms with van der Waals surface area (Å²) in [6.45, 7) is 17.0. The Morgan fingerprint density at radius 2 is 1.73 bits per heavy atom. The molecule has 0 aromatic carbocycles. The fourth-order valence-electron chi connectivity index (χ4n) is 8.50. The van der Waals surface area contributed by atoms with Crippen LogP contribution in [0.3, 0.4) is 0 Å². The van der Waals surface area contributed by atoms with Gasteiger partial charge in [-0.1, -0.05) is 93.7 Å². The maximum atomic E-state index is 10.8. The Bertz CT molecular complexity index is 1760. The summed E-state index contributed by atoms with van der Waals surface area (Å²) in [6, 6.07) is 0.